The molecule has 0 radical (unpaired) electrons. The normalized spacial score (nSPS) is 21.7. The molecule has 2 atom stereocenters. The molecule has 3 aromatic rings. The van der Waals surface area contributed by atoms with E-state index in [1.54, 1.807) is 36.9 Å². The molecule has 1 amide bonds. The van der Waals surface area contributed by atoms with Gasteiger partial charge in [0.1, 0.15) is 17.2 Å². The Bertz CT molecular complexity index is 1350. The summed E-state index contributed by atoms with van der Waals surface area (Å²) in [5.74, 6) is -1.47. The van der Waals surface area contributed by atoms with Gasteiger partial charge < -0.3 is 10.0 Å². The number of carbonyl (C=O) groups excluding carboxylic acids is 1. The molecule has 9 heteroatoms. The van der Waals surface area contributed by atoms with Crippen molar-refractivity contribution in [1.82, 2.24) is 25.3 Å². The van der Waals surface area contributed by atoms with Crippen molar-refractivity contribution in [3.8, 4) is 11.3 Å². The van der Waals surface area contributed by atoms with Gasteiger partial charge in [-0.3, -0.25) is 4.79 Å². The van der Waals surface area contributed by atoms with E-state index in [9.17, 15) is 18.7 Å². The first-order chi connectivity index (χ1) is 17.4. The second-order valence-corrected chi connectivity index (χ2v) is 11.2. The SMILES string of the molecule is CCN(C[C@@]12CC[C@@H](c3cc(-c4c(F)cccc4F)nnc31)C2(C)C)C(=O)c1ccc(C(C)(C)O)nn1. The van der Waals surface area contributed by atoms with E-state index in [2.05, 4.69) is 34.2 Å². The Hall–Kier alpha value is -3.33. The van der Waals surface area contributed by atoms with Crippen LogP contribution in [0, 0.1) is 17.0 Å². The van der Waals surface area contributed by atoms with Crippen LogP contribution in [0.3, 0.4) is 0 Å². The summed E-state index contributed by atoms with van der Waals surface area (Å²) in [5.41, 5.74) is 0.465. The molecule has 2 aliphatic carbocycles. The second kappa shape index (κ2) is 8.62. The number of hydrogen-bond acceptors (Lipinski definition) is 6. The van der Waals surface area contributed by atoms with E-state index in [1.807, 2.05) is 6.92 Å². The third-order valence-corrected chi connectivity index (χ3v) is 8.48. The third-order valence-electron chi connectivity index (χ3n) is 8.48. The number of carbonyl (C=O) groups is 1. The van der Waals surface area contributed by atoms with Crippen molar-refractivity contribution in [2.24, 2.45) is 5.41 Å². The maximum Gasteiger partial charge on any atom is 0.274 e. The second-order valence-electron chi connectivity index (χ2n) is 11.2. The van der Waals surface area contributed by atoms with Gasteiger partial charge in [-0.05, 0) is 80.8 Å². The van der Waals surface area contributed by atoms with Crippen molar-refractivity contribution in [3.05, 3.63) is 70.7 Å². The minimum atomic E-state index is -1.16. The topological polar surface area (TPSA) is 92.1 Å². The fourth-order valence-corrected chi connectivity index (χ4v) is 6.23. The zero-order valence-corrected chi connectivity index (χ0v) is 21.7. The molecule has 194 valence electrons. The minimum absolute atomic E-state index is 0.131. The van der Waals surface area contributed by atoms with E-state index in [0.29, 0.717) is 18.8 Å². The van der Waals surface area contributed by atoms with Crippen molar-refractivity contribution in [2.75, 3.05) is 13.1 Å². The first-order valence-electron chi connectivity index (χ1n) is 12.6. The van der Waals surface area contributed by atoms with E-state index in [1.165, 1.54) is 18.2 Å². The number of rotatable bonds is 6. The zero-order valence-electron chi connectivity index (χ0n) is 21.7. The lowest BCUT2D eigenvalue weighted by atomic mass is 9.68. The maximum atomic E-state index is 14.5. The van der Waals surface area contributed by atoms with E-state index < -0.39 is 22.7 Å². The average Bonchev–Trinajstić information content (AvgIpc) is 3.21. The molecule has 2 heterocycles. The first-order valence-corrected chi connectivity index (χ1v) is 12.6. The van der Waals surface area contributed by atoms with Gasteiger partial charge in [0.25, 0.3) is 5.91 Å². The number of fused-ring (bicyclic) bond motifs is 5. The van der Waals surface area contributed by atoms with Crippen LogP contribution in [0.25, 0.3) is 11.3 Å². The number of amides is 1. The van der Waals surface area contributed by atoms with Gasteiger partial charge in [-0.2, -0.15) is 15.3 Å². The van der Waals surface area contributed by atoms with Crippen molar-refractivity contribution < 1.29 is 18.7 Å². The number of likely N-dealkylation sites (N-methyl/N-ethyl adjacent to an activating group) is 1. The molecule has 2 bridgehead atoms. The van der Waals surface area contributed by atoms with Gasteiger partial charge in [-0.25, -0.2) is 8.78 Å². The predicted octanol–water partition coefficient (Wildman–Crippen LogP) is 4.76. The largest absolute Gasteiger partial charge is 0.384 e. The molecule has 1 N–H and O–H groups in total. The molecule has 0 unspecified atom stereocenters. The van der Waals surface area contributed by atoms with Gasteiger partial charge in [0.2, 0.25) is 0 Å². The molecule has 7 nitrogen and oxygen atoms in total. The lowest BCUT2D eigenvalue weighted by molar-refractivity contribution is 0.0635. The predicted molar refractivity (Wildman–Crippen MR) is 134 cm³/mol. The summed E-state index contributed by atoms with van der Waals surface area (Å²) in [7, 11) is 0. The number of nitrogens with zero attached hydrogens (tertiary/aromatic N) is 5. The number of aromatic nitrogens is 4. The van der Waals surface area contributed by atoms with Crippen LogP contribution in [0.1, 0.15) is 80.8 Å². The zero-order chi connectivity index (χ0) is 26.8. The highest BCUT2D eigenvalue weighted by Crippen LogP contribution is 2.67. The summed E-state index contributed by atoms with van der Waals surface area (Å²) in [6, 6.07) is 8.73. The molecular weight excluding hydrogens is 476 g/mol. The molecule has 1 saturated carbocycles. The Morgan fingerprint density at radius 1 is 1.11 bits per heavy atom. The number of benzene rings is 1. The van der Waals surface area contributed by atoms with Gasteiger partial charge in [-0.15, -0.1) is 5.10 Å². The monoisotopic (exact) mass is 507 g/mol. The van der Waals surface area contributed by atoms with Crippen molar-refractivity contribution in [2.45, 2.75) is 64.4 Å². The number of hydrogen-bond donors (Lipinski definition) is 1. The van der Waals surface area contributed by atoms with Crippen LogP contribution in [0.15, 0.2) is 36.4 Å². The molecule has 2 aromatic heterocycles. The fraction of sp³-hybridized carbons (Fsp3) is 0.464. The van der Waals surface area contributed by atoms with E-state index in [-0.39, 0.29) is 34.2 Å². The van der Waals surface area contributed by atoms with Crippen molar-refractivity contribution in [1.29, 1.82) is 0 Å². The van der Waals surface area contributed by atoms with Gasteiger partial charge in [0.15, 0.2) is 5.69 Å². The Balaban J connectivity index is 1.50. The van der Waals surface area contributed by atoms with Crippen LogP contribution in [0.5, 0.6) is 0 Å². The van der Waals surface area contributed by atoms with Gasteiger partial charge in [0.05, 0.1) is 22.6 Å². The van der Waals surface area contributed by atoms with Crippen LogP contribution < -0.4 is 0 Å². The van der Waals surface area contributed by atoms with Crippen molar-refractivity contribution in [3.63, 3.8) is 0 Å². The number of halogens is 2. The molecule has 5 rings (SSSR count). The summed E-state index contributed by atoms with van der Waals surface area (Å²) in [6.07, 6.45) is 1.71. The summed E-state index contributed by atoms with van der Waals surface area (Å²) in [4.78, 5) is 15.2. The Labute approximate surface area is 215 Å². The van der Waals surface area contributed by atoms with Crippen LogP contribution in [0.2, 0.25) is 0 Å². The standard InChI is InChI=1S/C28H31F2N5O2/c1-6-35(25(36)20-10-11-22(33-31-20)27(4,5)37)15-28-13-12-17(26(28,2)3)16-14-21(32-34-24(16)28)23-18(29)8-7-9-19(23)30/h7-11,14,17,37H,6,12-13,15H2,1-5H3/t17-,28-/m0/s1. The van der Waals surface area contributed by atoms with Crippen LogP contribution >= 0.6 is 0 Å². The molecule has 37 heavy (non-hydrogen) atoms. The highest BCUT2D eigenvalue weighted by molar-refractivity contribution is 5.92. The smallest absolute Gasteiger partial charge is 0.274 e. The fourth-order valence-electron chi connectivity index (χ4n) is 6.23. The lowest BCUT2D eigenvalue weighted by Crippen LogP contribution is -2.48. The molecular formula is C28H31F2N5O2. The maximum absolute atomic E-state index is 14.5. The summed E-state index contributed by atoms with van der Waals surface area (Å²) in [6.45, 7) is 10.3. The summed E-state index contributed by atoms with van der Waals surface area (Å²) in [5, 5.41) is 27.1. The van der Waals surface area contributed by atoms with Crippen molar-refractivity contribution >= 4 is 5.91 Å². The van der Waals surface area contributed by atoms with Gasteiger partial charge in [-0.1, -0.05) is 19.9 Å². The molecule has 0 aliphatic heterocycles. The summed E-state index contributed by atoms with van der Waals surface area (Å²) < 4.78 is 29.0. The first kappa shape index (κ1) is 25.3. The Morgan fingerprint density at radius 2 is 1.81 bits per heavy atom. The highest BCUT2D eigenvalue weighted by atomic mass is 19.1. The van der Waals surface area contributed by atoms with Crippen LogP contribution in [-0.2, 0) is 11.0 Å². The highest BCUT2D eigenvalue weighted by Gasteiger charge is 2.64. The van der Waals surface area contributed by atoms with Gasteiger partial charge >= 0.3 is 0 Å². The quantitative estimate of drug-likeness (QED) is 0.517. The molecule has 1 aromatic carbocycles. The van der Waals surface area contributed by atoms with E-state index in [4.69, 9.17) is 0 Å². The lowest BCUT2D eigenvalue weighted by Gasteiger charge is -2.41. The van der Waals surface area contributed by atoms with E-state index in [0.717, 1.165) is 24.1 Å². The van der Waals surface area contributed by atoms with Gasteiger partial charge in [0, 0.05) is 18.5 Å². The molecule has 0 saturated heterocycles. The molecule has 2 aliphatic rings. The Kier molecular flexibility index (Phi) is 5.90. The molecule has 1 fully saturated rings. The Morgan fingerprint density at radius 3 is 2.41 bits per heavy atom. The third kappa shape index (κ3) is 3.82. The number of aliphatic hydroxyl groups is 1. The van der Waals surface area contributed by atoms with E-state index >= 15 is 0 Å². The van der Waals surface area contributed by atoms with Crippen LogP contribution in [-0.4, -0.2) is 49.4 Å². The van der Waals surface area contributed by atoms with Crippen LogP contribution in [0.4, 0.5) is 8.78 Å². The summed E-state index contributed by atoms with van der Waals surface area (Å²) >= 11 is 0. The minimum Gasteiger partial charge on any atom is -0.384 e. The molecule has 0 spiro atoms. The average molecular weight is 508 g/mol.